The Kier molecular flexibility index (Phi) is 5.78. The third kappa shape index (κ3) is 4.48. The van der Waals surface area contributed by atoms with E-state index in [4.69, 9.17) is 4.74 Å². The van der Waals surface area contributed by atoms with Gasteiger partial charge in [0.15, 0.2) is 0 Å². The van der Waals surface area contributed by atoms with Crippen LogP contribution in [-0.4, -0.2) is 27.3 Å². The van der Waals surface area contributed by atoms with Crippen LogP contribution in [0.2, 0.25) is 0 Å². The van der Waals surface area contributed by atoms with Crippen molar-refractivity contribution < 1.29 is 22.7 Å². The Morgan fingerprint density at radius 1 is 1.04 bits per heavy atom. The first-order valence-corrected chi connectivity index (χ1v) is 9.00. The van der Waals surface area contributed by atoms with Crippen molar-refractivity contribution in [2.24, 2.45) is 0 Å². The van der Waals surface area contributed by atoms with Crippen molar-refractivity contribution in [2.75, 3.05) is 12.4 Å². The topological polar surface area (TPSA) is 102 Å². The number of anilines is 1. The Bertz CT molecular complexity index is 950. The van der Waals surface area contributed by atoms with Crippen molar-refractivity contribution in [2.45, 2.75) is 11.8 Å². The third-order valence-electron chi connectivity index (χ3n) is 3.39. The van der Waals surface area contributed by atoms with Gasteiger partial charge in [-0.3, -0.25) is 9.59 Å². The summed E-state index contributed by atoms with van der Waals surface area (Å²) in [5.41, 5.74) is 0.424. The number of carbonyl (C=O) groups excluding carboxylic acids is 2. The maximum Gasteiger partial charge on any atom is 0.266 e. The summed E-state index contributed by atoms with van der Waals surface area (Å²) in [6.45, 7) is 5.00. The van der Waals surface area contributed by atoms with Gasteiger partial charge in [-0.25, -0.2) is 13.1 Å². The second-order valence-corrected chi connectivity index (χ2v) is 7.04. The third-order valence-corrected chi connectivity index (χ3v) is 4.78. The van der Waals surface area contributed by atoms with E-state index in [0.717, 1.165) is 0 Å². The predicted molar refractivity (Wildman–Crippen MR) is 97.5 cm³/mol. The number of benzene rings is 2. The molecule has 0 aliphatic rings. The first kappa shape index (κ1) is 19.2. The van der Waals surface area contributed by atoms with E-state index in [-0.39, 0.29) is 21.7 Å². The normalized spacial score (nSPS) is 10.7. The van der Waals surface area contributed by atoms with E-state index >= 15 is 0 Å². The lowest BCUT2D eigenvalue weighted by Gasteiger charge is -2.12. The number of carbonyl (C=O) groups is 2. The van der Waals surface area contributed by atoms with Crippen LogP contribution in [0.15, 0.2) is 65.6 Å². The first-order chi connectivity index (χ1) is 12.2. The zero-order valence-corrected chi connectivity index (χ0v) is 15.1. The molecule has 136 valence electrons. The van der Waals surface area contributed by atoms with E-state index in [2.05, 4.69) is 11.9 Å². The van der Waals surface area contributed by atoms with Gasteiger partial charge in [0, 0.05) is 11.1 Å². The second kappa shape index (κ2) is 7.83. The number of ether oxygens (including phenoxy) is 1. The maximum absolute atomic E-state index is 12.6. The molecule has 0 unspecified atom stereocenters. The number of amides is 2. The molecule has 0 saturated heterocycles. The van der Waals surface area contributed by atoms with Gasteiger partial charge in [-0.05, 0) is 43.3 Å². The predicted octanol–water partition coefficient (Wildman–Crippen LogP) is 2.33. The molecule has 2 aromatic rings. The quantitative estimate of drug-likeness (QED) is 0.756. The number of rotatable bonds is 6. The van der Waals surface area contributed by atoms with E-state index in [0.29, 0.717) is 5.75 Å². The average molecular weight is 374 g/mol. The molecular weight excluding hydrogens is 356 g/mol. The summed E-state index contributed by atoms with van der Waals surface area (Å²) in [5, 5.41) is 2.46. The monoisotopic (exact) mass is 374 g/mol. The Morgan fingerprint density at radius 3 is 2.23 bits per heavy atom. The van der Waals surface area contributed by atoms with E-state index in [1.807, 2.05) is 4.72 Å². The Hall–Kier alpha value is -3.13. The molecule has 7 nitrogen and oxygen atoms in total. The lowest BCUT2D eigenvalue weighted by atomic mass is 10.2. The van der Waals surface area contributed by atoms with Crippen molar-refractivity contribution in [3.05, 3.63) is 66.2 Å². The second-order valence-electron chi connectivity index (χ2n) is 5.39. The molecule has 0 aliphatic carbocycles. The molecule has 2 N–H and O–H groups in total. The van der Waals surface area contributed by atoms with E-state index < -0.39 is 21.8 Å². The number of hydrogen-bond acceptors (Lipinski definition) is 5. The smallest absolute Gasteiger partial charge is 0.266 e. The first-order valence-electron chi connectivity index (χ1n) is 7.51. The summed E-state index contributed by atoms with van der Waals surface area (Å²) in [5.74, 6) is -0.778. The van der Waals surface area contributed by atoms with Crippen LogP contribution in [0.3, 0.4) is 0 Å². The summed E-state index contributed by atoms with van der Waals surface area (Å²) in [6.07, 6.45) is 0. The Labute approximate surface area is 151 Å². The molecule has 0 saturated carbocycles. The highest BCUT2D eigenvalue weighted by Gasteiger charge is 2.22. The Balaban J connectivity index is 2.28. The summed E-state index contributed by atoms with van der Waals surface area (Å²) in [4.78, 5) is 23.8. The van der Waals surface area contributed by atoms with E-state index in [9.17, 15) is 18.0 Å². The van der Waals surface area contributed by atoms with Gasteiger partial charge in [0.1, 0.15) is 10.6 Å². The van der Waals surface area contributed by atoms with Crippen molar-refractivity contribution in [3.63, 3.8) is 0 Å². The minimum atomic E-state index is -4.20. The fourth-order valence-corrected chi connectivity index (χ4v) is 3.15. The summed E-state index contributed by atoms with van der Waals surface area (Å²) in [7, 11) is -2.72. The van der Waals surface area contributed by atoms with Crippen LogP contribution >= 0.6 is 0 Å². The largest absolute Gasteiger partial charge is 0.497 e. The highest BCUT2D eigenvalue weighted by atomic mass is 32.2. The molecule has 8 heteroatoms. The summed E-state index contributed by atoms with van der Waals surface area (Å²) < 4.78 is 32.1. The van der Waals surface area contributed by atoms with Crippen molar-refractivity contribution in [1.82, 2.24) is 4.72 Å². The molecule has 0 heterocycles. The van der Waals surface area contributed by atoms with Crippen LogP contribution in [0.25, 0.3) is 0 Å². The molecule has 0 bridgehead atoms. The minimum Gasteiger partial charge on any atom is -0.497 e. The number of para-hydroxylation sites is 1. The highest BCUT2D eigenvalue weighted by Crippen LogP contribution is 2.21. The van der Waals surface area contributed by atoms with Gasteiger partial charge in [-0.1, -0.05) is 18.7 Å². The SMILES string of the molecule is C=C(C)C(=O)Nc1ccccc1S(=O)(=O)NC(=O)c1ccc(OC)cc1. The Morgan fingerprint density at radius 2 is 1.65 bits per heavy atom. The fourth-order valence-electron chi connectivity index (χ4n) is 2.01. The van der Waals surface area contributed by atoms with Gasteiger partial charge < -0.3 is 10.1 Å². The van der Waals surface area contributed by atoms with Crippen LogP contribution < -0.4 is 14.8 Å². The molecule has 26 heavy (non-hydrogen) atoms. The van der Waals surface area contributed by atoms with Gasteiger partial charge >= 0.3 is 0 Å². The number of methoxy groups -OCH3 is 1. The fraction of sp³-hybridized carbons (Fsp3) is 0.111. The van der Waals surface area contributed by atoms with Gasteiger partial charge in [0.2, 0.25) is 0 Å². The molecular formula is C18H18N2O5S. The highest BCUT2D eigenvalue weighted by molar-refractivity contribution is 7.90. The van der Waals surface area contributed by atoms with Crippen molar-refractivity contribution in [1.29, 1.82) is 0 Å². The zero-order valence-electron chi connectivity index (χ0n) is 14.3. The van der Waals surface area contributed by atoms with E-state index in [1.165, 1.54) is 44.4 Å². The van der Waals surface area contributed by atoms with Gasteiger partial charge in [-0.2, -0.15) is 0 Å². The van der Waals surface area contributed by atoms with Crippen LogP contribution in [0.4, 0.5) is 5.69 Å². The summed E-state index contributed by atoms with van der Waals surface area (Å²) >= 11 is 0. The van der Waals surface area contributed by atoms with E-state index in [1.54, 1.807) is 18.2 Å². The van der Waals surface area contributed by atoms with Crippen LogP contribution in [-0.2, 0) is 14.8 Å². The molecule has 0 atom stereocenters. The molecule has 2 aromatic carbocycles. The number of nitrogens with one attached hydrogen (secondary N) is 2. The lowest BCUT2D eigenvalue weighted by molar-refractivity contribution is -0.112. The number of hydrogen-bond donors (Lipinski definition) is 2. The molecule has 0 spiro atoms. The van der Waals surface area contributed by atoms with Crippen molar-refractivity contribution >= 4 is 27.5 Å². The number of sulfonamides is 1. The molecule has 0 aromatic heterocycles. The minimum absolute atomic E-state index is 0.0514. The van der Waals surface area contributed by atoms with Gasteiger partial charge in [0.05, 0.1) is 12.8 Å². The average Bonchev–Trinajstić information content (AvgIpc) is 2.61. The van der Waals surface area contributed by atoms with Gasteiger partial charge in [0.25, 0.3) is 21.8 Å². The van der Waals surface area contributed by atoms with Crippen LogP contribution in [0.5, 0.6) is 5.75 Å². The van der Waals surface area contributed by atoms with Crippen LogP contribution in [0.1, 0.15) is 17.3 Å². The maximum atomic E-state index is 12.6. The standard InChI is InChI=1S/C18H18N2O5S/c1-12(2)17(21)19-15-6-4-5-7-16(15)26(23,24)20-18(22)13-8-10-14(25-3)11-9-13/h4-11H,1H2,2-3H3,(H,19,21)(H,20,22). The molecule has 2 amide bonds. The van der Waals surface area contributed by atoms with Crippen LogP contribution in [0, 0.1) is 0 Å². The zero-order chi connectivity index (χ0) is 19.3. The lowest BCUT2D eigenvalue weighted by Crippen LogP contribution is -2.31. The summed E-state index contributed by atoms with van der Waals surface area (Å²) in [6, 6.07) is 11.7. The molecule has 2 rings (SSSR count). The van der Waals surface area contributed by atoms with Crippen molar-refractivity contribution in [3.8, 4) is 5.75 Å². The molecule has 0 fully saturated rings. The molecule has 0 aliphatic heterocycles. The van der Waals surface area contributed by atoms with Gasteiger partial charge in [-0.15, -0.1) is 0 Å². The molecule has 0 radical (unpaired) electrons.